The normalized spacial score (nSPS) is 15.7. The third-order valence-electron chi connectivity index (χ3n) is 3.21. The van der Waals surface area contributed by atoms with Crippen LogP contribution in [0.5, 0.6) is 0 Å². The molecule has 0 atom stereocenters. The minimum absolute atomic E-state index is 0.0204. The fourth-order valence-electron chi connectivity index (χ4n) is 2.19. The molecule has 1 amide bonds. The number of benzene rings is 1. The molecule has 0 saturated carbocycles. The van der Waals surface area contributed by atoms with Crippen molar-refractivity contribution in [1.29, 1.82) is 0 Å². The van der Waals surface area contributed by atoms with E-state index in [-0.39, 0.29) is 5.91 Å². The molecule has 98 valence electrons. The molecule has 0 aliphatic carbocycles. The minimum atomic E-state index is -0.0204. The summed E-state index contributed by atoms with van der Waals surface area (Å²) in [6, 6.07) is 9.54. The molecule has 0 spiro atoms. The van der Waals surface area contributed by atoms with Crippen LogP contribution in [-0.4, -0.2) is 40.4 Å². The van der Waals surface area contributed by atoms with Crippen LogP contribution in [0.1, 0.15) is 10.5 Å². The van der Waals surface area contributed by atoms with Crippen LogP contribution >= 0.6 is 23.4 Å². The second-order valence-corrected chi connectivity index (χ2v) is 6.01. The van der Waals surface area contributed by atoms with E-state index < -0.39 is 0 Å². The third kappa shape index (κ3) is 2.55. The Hall–Kier alpha value is -1.26. The van der Waals surface area contributed by atoms with Crippen molar-refractivity contribution in [3.05, 3.63) is 41.2 Å². The Balaban J connectivity index is 1.98. The molecule has 5 heteroatoms. The Kier molecular flexibility index (Phi) is 3.62. The van der Waals surface area contributed by atoms with Gasteiger partial charge in [0.1, 0.15) is 10.8 Å². The molecule has 3 nitrogen and oxygen atoms in total. The largest absolute Gasteiger partial charge is 0.336 e. The van der Waals surface area contributed by atoms with Crippen molar-refractivity contribution >= 4 is 40.0 Å². The van der Waals surface area contributed by atoms with Gasteiger partial charge >= 0.3 is 0 Å². The van der Waals surface area contributed by atoms with Crippen molar-refractivity contribution in [2.75, 3.05) is 24.6 Å². The predicted octanol–water partition coefficient (Wildman–Crippen LogP) is 3.08. The van der Waals surface area contributed by atoms with Gasteiger partial charge in [-0.1, -0.05) is 35.9 Å². The lowest BCUT2D eigenvalue weighted by atomic mass is 10.1. The highest BCUT2D eigenvalue weighted by atomic mass is 35.5. The first-order valence-corrected chi connectivity index (χ1v) is 7.71. The molecule has 1 aromatic carbocycles. The van der Waals surface area contributed by atoms with E-state index in [1.165, 1.54) is 0 Å². The Bertz CT molecular complexity index is 626. The molecule has 1 aliphatic rings. The van der Waals surface area contributed by atoms with Crippen LogP contribution in [0.3, 0.4) is 0 Å². The summed E-state index contributed by atoms with van der Waals surface area (Å²) in [7, 11) is 0. The second kappa shape index (κ2) is 5.39. The maximum absolute atomic E-state index is 12.4. The SMILES string of the molecule is O=C(c1cc2ccccc2c(Cl)n1)N1CCSCC1. The van der Waals surface area contributed by atoms with Crippen molar-refractivity contribution in [1.82, 2.24) is 9.88 Å². The van der Waals surface area contributed by atoms with E-state index in [9.17, 15) is 4.79 Å². The van der Waals surface area contributed by atoms with Crippen molar-refractivity contribution in [2.24, 2.45) is 0 Å². The maximum Gasteiger partial charge on any atom is 0.272 e. The van der Waals surface area contributed by atoms with E-state index in [1.807, 2.05) is 47.0 Å². The zero-order valence-electron chi connectivity index (χ0n) is 10.3. The number of rotatable bonds is 1. The quantitative estimate of drug-likeness (QED) is 0.757. The van der Waals surface area contributed by atoms with Crippen LogP contribution in [0.15, 0.2) is 30.3 Å². The van der Waals surface area contributed by atoms with Gasteiger partial charge in [-0.05, 0) is 11.5 Å². The monoisotopic (exact) mass is 292 g/mol. The summed E-state index contributed by atoms with van der Waals surface area (Å²) in [4.78, 5) is 18.5. The molecule has 0 unspecified atom stereocenters. The second-order valence-electron chi connectivity index (χ2n) is 4.42. The van der Waals surface area contributed by atoms with Crippen LogP contribution in [0.25, 0.3) is 10.8 Å². The molecule has 0 N–H and O–H groups in total. The summed E-state index contributed by atoms with van der Waals surface area (Å²) >= 11 is 8.04. The highest BCUT2D eigenvalue weighted by molar-refractivity contribution is 7.99. The Morgan fingerprint density at radius 3 is 2.79 bits per heavy atom. The van der Waals surface area contributed by atoms with E-state index >= 15 is 0 Å². The van der Waals surface area contributed by atoms with Crippen LogP contribution < -0.4 is 0 Å². The van der Waals surface area contributed by atoms with E-state index in [0.29, 0.717) is 10.8 Å². The van der Waals surface area contributed by atoms with Crippen molar-refractivity contribution < 1.29 is 4.79 Å². The first-order chi connectivity index (χ1) is 9.25. The Morgan fingerprint density at radius 1 is 1.26 bits per heavy atom. The number of nitrogens with zero attached hydrogens (tertiary/aromatic N) is 2. The van der Waals surface area contributed by atoms with Gasteiger partial charge in [0.25, 0.3) is 5.91 Å². The van der Waals surface area contributed by atoms with Crippen molar-refractivity contribution in [3.63, 3.8) is 0 Å². The lowest BCUT2D eigenvalue weighted by Crippen LogP contribution is -2.38. The van der Waals surface area contributed by atoms with E-state index in [0.717, 1.165) is 35.4 Å². The fraction of sp³-hybridized carbons (Fsp3) is 0.286. The number of hydrogen-bond acceptors (Lipinski definition) is 3. The average molecular weight is 293 g/mol. The van der Waals surface area contributed by atoms with Gasteiger partial charge in [0.2, 0.25) is 0 Å². The van der Waals surface area contributed by atoms with Gasteiger partial charge in [0.05, 0.1) is 0 Å². The van der Waals surface area contributed by atoms with Gasteiger partial charge in [0, 0.05) is 30.0 Å². The van der Waals surface area contributed by atoms with Gasteiger partial charge in [-0.15, -0.1) is 0 Å². The van der Waals surface area contributed by atoms with Crippen molar-refractivity contribution in [3.8, 4) is 0 Å². The third-order valence-corrected chi connectivity index (χ3v) is 4.44. The van der Waals surface area contributed by atoms with Crippen LogP contribution in [0.2, 0.25) is 5.15 Å². The van der Waals surface area contributed by atoms with E-state index in [1.54, 1.807) is 0 Å². The number of fused-ring (bicyclic) bond motifs is 1. The highest BCUT2D eigenvalue weighted by Gasteiger charge is 2.20. The van der Waals surface area contributed by atoms with E-state index in [4.69, 9.17) is 11.6 Å². The lowest BCUT2D eigenvalue weighted by Gasteiger charge is -2.26. The molecule has 19 heavy (non-hydrogen) atoms. The predicted molar refractivity (Wildman–Crippen MR) is 80.0 cm³/mol. The topological polar surface area (TPSA) is 33.2 Å². The van der Waals surface area contributed by atoms with Crippen LogP contribution in [0.4, 0.5) is 0 Å². The van der Waals surface area contributed by atoms with Crippen molar-refractivity contribution in [2.45, 2.75) is 0 Å². The summed E-state index contributed by atoms with van der Waals surface area (Å²) in [6.45, 7) is 1.57. The molecular weight excluding hydrogens is 280 g/mol. The number of carbonyl (C=O) groups excluding carboxylic acids is 1. The molecule has 2 heterocycles. The zero-order valence-corrected chi connectivity index (χ0v) is 11.9. The van der Waals surface area contributed by atoms with E-state index in [2.05, 4.69) is 4.98 Å². The Labute approximate surface area is 120 Å². The summed E-state index contributed by atoms with van der Waals surface area (Å²) in [6.07, 6.45) is 0. The molecule has 1 aliphatic heterocycles. The van der Waals surface area contributed by atoms with Crippen LogP contribution in [0, 0.1) is 0 Å². The number of amides is 1. The number of hydrogen-bond donors (Lipinski definition) is 0. The standard InChI is InChI=1S/C14H13ClN2OS/c15-13-11-4-2-1-3-10(11)9-12(16-13)14(18)17-5-7-19-8-6-17/h1-4,9H,5-8H2. The number of thioether (sulfide) groups is 1. The molecule has 2 aromatic rings. The van der Waals surface area contributed by atoms with Gasteiger partial charge in [-0.2, -0.15) is 11.8 Å². The van der Waals surface area contributed by atoms with Gasteiger partial charge in [-0.3, -0.25) is 4.79 Å². The molecule has 0 radical (unpaired) electrons. The molecule has 0 bridgehead atoms. The highest BCUT2D eigenvalue weighted by Crippen LogP contribution is 2.23. The molecule has 3 rings (SSSR count). The van der Waals surface area contributed by atoms with Crippen LogP contribution in [-0.2, 0) is 0 Å². The first-order valence-electron chi connectivity index (χ1n) is 6.18. The van der Waals surface area contributed by atoms with Gasteiger partial charge in [0.15, 0.2) is 0 Å². The number of halogens is 1. The Morgan fingerprint density at radius 2 is 2.00 bits per heavy atom. The number of pyridine rings is 1. The zero-order chi connectivity index (χ0) is 13.2. The number of carbonyl (C=O) groups is 1. The number of aromatic nitrogens is 1. The smallest absolute Gasteiger partial charge is 0.272 e. The molecular formula is C14H13ClN2OS. The lowest BCUT2D eigenvalue weighted by molar-refractivity contribution is 0.0766. The summed E-state index contributed by atoms with van der Waals surface area (Å²) < 4.78 is 0. The minimum Gasteiger partial charge on any atom is -0.336 e. The maximum atomic E-state index is 12.4. The molecule has 1 aromatic heterocycles. The fourth-order valence-corrected chi connectivity index (χ4v) is 3.36. The first kappa shape index (κ1) is 12.8. The average Bonchev–Trinajstić information content (AvgIpc) is 2.47. The molecule has 1 saturated heterocycles. The molecule has 1 fully saturated rings. The summed E-state index contributed by atoms with van der Waals surface area (Å²) in [5, 5.41) is 2.24. The summed E-state index contributed by atoms with van der Waals surface area (Å²) in [5.41, 5.74) is 0.440. The van der Waals surface area contributed by atoms with Gasteiger partial charge < -0.3 is 4.90 Å². The van der Waals surface area contributed by atoms with Gasteiger partial charge in [-0.25, -0.2) is 4.98 Å². The summed E-state index contributed by atoms with van der Waals surface area (Å²) in [5.74, 6) is 1.97.